The van der Waals surface area contributed by atoms with Crippen molar-refractivity contribution in [2.75, 3.05) is 13.7 Å². The van der Waals surface area contributed by atoms with Gasteiger partial charge in [0.05, 0.1) is 19.3 Å². The minimum absolute atomic E-state index is 0.0982. The number of amides is 1. The normalized spacial score (nSPS) is 15.5. The SMILES string of the molecule is COc1ccc(-n2c3c(cc(C(=O)NC(C)(C)CO)c2=O)C(=O)CC(C)(C)C3)cc1. The number of aliphatic hydroxyl groups is 1. The van der Waals surface area contributed by atoms with Gasteiger partial charge >= 0.3 is 0 Å². The zero-order valence-corrected chi connectivity index (χ0v) is 18.0. The van der Waals surface area contributed by atoms with E-state index in [2.05, 4.69) is 5.32 Å². The third-order valence-electron chi connectivity index (χ3n) is 5.31. The highest BCUT2D eigenvalue weighted by Crippen LogP contribution is 2.35. The Morgan fingerprint density at radius 1 is 1.20 bits per heavy atom. The number of carbonyl (C=O) groups is 2. The molecule has 0 fully saturated rings. The van der Waals surface area contributed by atoms with Crippen LogP contribution in [0.4, 0.5) is 0 Å². The number of aliphatic hydroxyl groups excluding tert-OH is 1. The number of nitrogens with zero attached hydrogens (tertiary/aromatic N) is 1. The van der Waals surface area contributed by atoms with Crippen molar-refractivity contribution in [3.63, 3.8) is 0 Å². The van der Waals surface area contributed by atoms with Gasteiger partial charge in [-0.05, 0) is 56.0 Å². The zero-order chi connectivity index (χ0) is 22.3. The maximum Gasteiger partial charge on any atom is 0.268 e. The molecule has 160 valence electrons. The van der Waals surface area contributed by atoms with E-state index >= 15 is 0 Å². The lowest BCUT2D eigenvalue weighted by atomic mass is 9.75. The molecule has 0 spiro atoms. The van der Waals surface area contributed by atoms with E-state index in [9.17, 15) is 19.5 Å². The molecule has 2 aromatic rings. The van der Waals surface area contributed by atoms with E-state index in [1.165, 1.54) is 10.6 Å². The van der Waals surface area contributed by atoms with Crippen molar-refractivity contribution >= 4 is 11.7 Å². The van der Waals surface area contributed by atoms with Gasteiger partial charge in [0.15, 0.2) is 5.78 Å². The lowest BCUT2D eigenvalue weighted by Gasteiger charge is -2.32. The van der Waals surface area contributed by atoms with Crippen molar-refractivity contribution in [1.82, 2.24) is 9.88 Å². The molecule has 0 saturated carbocycles. The average molecular weight is 412 g/mol. The largest absolute Gasteiger partial charge is 0.497 e. The molecule has 3 rings (SSSR count). The molecule has 1 heterocycles. The maximum atomic E-state index is 13.4. The summed E-state index contributed by atoms with van der Waals surface area (Å²) in [6, 6.07) is 8.31. The smallest absolute Gasteiger partial charge is 0.268 e. The highest BCUT2D eigenvalue weighted by Gasteiger charge is 2.35. The molecule has 1 amide bonds. The number of hydrogen-bond donors (Lipinski definition) is 2. The Balaban J connectivity index is 2.25. The Kier molecular flexibility index (Phi) is 5.60. The monoisotopic (exact) mass is 412 g/mol. The van der Waals surface area contributed by atoms with Crippen molar-refractivity contribution in [2.24, 2.45) is 5.41 Å². The van der Waals surface area contributed by atoms with E-state index in [-0.39, 0.29) is 23.4 Å². The standard InChI is InChI=1S/C23H28N2O5/c1-22(2)11-18-16(19(27)12-22)10-17(20(28)24-23(3,4)13-26)21(29)25(18)14-6-8-15(30-5)9-7-14/h6-10,26H,11-13H2,1-5H3,(H,24,28). The van der Waals surface area contributed by atoms with E-state index in [0.29, 0.717) is 35.5 Å². The molecule has 0 aliphatic heterocycles. The first-order valence-electron chi connectivity index (χ1n) is 9.88. The molecule has 0 atom stereocenters. The van der Waals surface area contributed by atoms with Crippen LogP contribution >= 0.6 is 0 Å². The van der Waals surface area contributed by atoms with Gasteiger partial charge in [-0.25, -0.2) is 0 Å². The first-order chi connectivity index (χ1) is 14.0. The third-order valence-corrected chi connectivity index (χ3v) is 5.31. The molecular weight excluding hydrogens is 384 g/mol. The lowest BCUT2D eigenvalue weighted by Crippen LogP contribution is -2.48. The Morgan fingerprint density at radius 2 is 1.83 bits per heavy atom. The number of hydrogen-bond acceptors (Lipinski definition) is 5. The van der Waals surface area contributed by atoms with Crippen molar-refractivity contribution in [3.05, 3.63) is 57.5 Å². The quantitative estimate of drug-likeness (QED) is 0.786. The Morgan fingerprint density at radius 3 is 2.40 bits per heavy atom. The van der Waals surface area contributed by atoms with Crippen molar-refractivity contribution in [3.8, 4) is 11.4 Å². The van der Waals surface area contributed by atoms with Crippen molar-refractivity contribution in [2.45, 2.75) is 46.1 Å². The number of ether oxygens (including phenoxy) is 1. The van der Waals surface area contributed by atoms with Crippen LogP contribution in [-0.4, -0.2) is 40.6 Å². The summed E-state index contributed by atoms with van der Waals surface area (Å²) >= 11 is 0. The second kappa shape index (κ2) is 7.72. The van der Waals surface area contributed by atoms with Crippen LogP contribution in [0.25, 0.3) is 5.69 Å². The predicted molar refractivity (Wildman–Crippen MR) is 114 cm³/mol. The van der Waals surface area contributed by atoms with Crippen LogP contribution in [0.1, 0.15) is 60.5 Å². The summed E-state index contributed by atoms with van der Waals surface area (Å²) in [6.07, 6.45) is 0.864. The topological polar surface area (TPSA) is 97.6 Å². The van der Waals surface area contributed by atoms with Gasteiger partial charge in [-0.15, -0.1) is 0 Å². The second-order valence-corrected chi connectivity index (χ2v) is 9.19. The number of carbonyl (C=O) groups excluding carboxylic acids is 2. The summed E-state index contributed by atoms with van der Waals surface area (Å²) in [5, 5.41) is 12.1. The van der Waals surface area contributed by atoms with Gasteiger partial charge in [0.25, 0.3) is 11.5 Å². The number of ketones is 1. The Bertz CT molecular complexity index is 1050. The summed E-state index contributed by atoms with van der Waals surface area (Å²) in [5.74, 6) is -0.0867. The highest BCUT2D eigenvalue weighted by atomic mass is 16.5. The van der Waals surface area contributed by atoms with Crippen LogP contribution in [0, 0.1) is 5.41 Å². The van der Waals surface area contributed by atoms with Gasteiger partial charge in [0.1, 0.15) is 11.3 Å². The number of rotatable bonds is 5. The van der Waals surface area contributed by atoms with Gasteiger partial charge < -0.3 is 15.2 Å². The molecule has 30 heavy (non-hydrogen) atoms. The van der Waals surface area contributed by atoms with Gasteiger partial charge in [-0.3, -0.25) is 19.0 Å². The number of Topliss-reactive ketones (excluding diaryl/α,β-unsaturated/α-hetero) is 1. The molecule has 7 heteroatoms. The number of pyridine rings is 1. The van der Waals surface area contributed by atoms with Crippen LogP contribution in [0.2, 0.25) is 0 Å². The summed E-state index contributed by atoms with van der Waals surface area (Å²) in [5.41, 5.74) is -0.293. The fourth-order valence-electron chi connectivity index (χ4n) is 3.70. The predicted octanol–water partition coefficient (Wildman–Crippen LogP) is 2.50. The maximum absolute atomic E-state index is 13.4. The van der Waals surface area contributed by atoms with E-state index in [4.69, 9.17) is 4.74 Å². The zero-order valence-electron chi connectivity index (χ0n) is 18.0. The molecule has 1 aromatic carbocycles. The molecule has 1 aliphatic rings. The van der Waals surface area contributed by atoms with Gasteiger partial charge in [0.2, 0.25) is 0 Å². The van der Waals surface area contributed by atoms with Crippen LogP contribution in [0.15, 0.2) is 35.1 Å². The van der Waals surface area contributed by atoms with Crippen LogP contribution < -0.4 is 15.6 Å². The third kappa shape index (κ3) is 4.16. The molecule has 1 aliphatic carbocycles. The fourth-order valence-corrected chi connectivity index (χ4v) is 3.70. The van der Waals surface area contributed by atoms with Gasteiger partial charge in [-0.1, -0.05) is 13.8 Å². The number of nitrogens with one attached hydrogen (secondary N) is 1. The summed E-state index contributed by atoms with van der Waals surface area (Å²) in [7, 11) is 1.55. The number of aromatic nitrogens is 1. The summed E-state index contributed by atoms with van der Waals surface area (Å²) in [4.78, 5) is 39.2. The Labute approximate surface area is 175 Å². The first-order valence-corrected chi connectivity index (χ1v) is 9.88. The van der Waals surface area contributed by atoms with Crippen LogP contribution in [0.3, 0.4) is 0 Å². The molecule has 0 saturated heterocycles. The van der Waals surface area contributed by atoms with Crippen LogP contribution in [0.5, 0.6) is 5.75 Å². The van der Waals surface area contributed by atoms with Crippen molar-refractivity contribution in [1.29, 1.82) is 0 Å². The van der Waals surface area contributed by atoms with Crippen LogP contribution in [-0.2, 0) is 6.42 Å². The minimum Gasteiger partial charge on any atom is -0.497 e. The van der Waals surface area contributed by atoms with E-state index in [1.54, 1.807) is 45.2 Å². The number of fused-ring (bicyclic) bond motifs is 1. The van der Waals surface area contributed by atoms with Gasteiger partial charge in [-0.2, -0.15) is 0 Å². The van der Waals surface area contributed by atoms with E-state index in [0.717, 1.165) is 0 Å². The molecule has 0 unspecified atom stereocenters. The first kappa shape index (κ1) is 21.8. The highest BCUT2D eigenvalue weighted by molar-refractivity contribution is 6.02. The lowest BCUT2D eigenvalue weighted by molar-refractivity contribution is 0.0867. The average Bonchev–Trinajstić information content (AvgIpc) is 2.66. The van der Waals surface area contributed by atoms with E-state index < -0.39 is 17.0 Å². The van der Waals surface area contributed by atoms with Gasteiger partial charge in [0, 0.05) is 23.4 Å². The second-order valence-electron chi connectivity index (χ2n) is 9.19. The van der Waals surface area contributed by atoms with Crippen molar-refractivity contribution < 1.29 is 19.4 Å². The summed E-state index contributed by atoms with van der Waals surface area (Å²) < 4.78 is 6.65. The minimum atomic E-state index is -0.906. The van der Waals surface area contributed by atoms with E-state index in [1.807, 2.05) is 13.8 Å². The molecule has 1 aromatic heterocycles. The number of benzene rings is 1. The molecule has 0 bridgehead atoms. The summed E-state index contributed by atoms with van der Waals surface area (Å²) in [6.45, 7) is 6.99. The Hall–Kier alpha value is -2.93. The molecule has 0 radical (unpaired) electrons. The fraction of sp³-hybridized carbons (Fsp3) is 0.435. The molecular formula is C23H28N2O5. The molecule has 7 nitrogen and oxygen atoms in total. The molecule has 2 N–H and O–H groups in total. The number of methoxy groups -OCH3 is 1.